The van der Waals surface area contributed by atoms with Crippen LogP contribution < -0.4 is 10.6 Å². The summed E-state index contributed by atoms with van der Waals surface area (Å²) >= 11 is 19.0. The molecule has 0 aliphatic rings. The zero-order valence-electron chi connectivity index (χ0n) is 12.0. The van der Waals surface area contributed by atoms with Gasteiger partial charge >= 0.3 is 0 Å². The van der Waals surface area contributed by atoms with Crippen LogP contribution in [0.5, 0.6) is 0 Å². The van der Waals surface area contributed by atoms with E-state index >= 15 is 0 Å². The highest BCUT2D eigenvalue weighted by Gasteiger charge is 2.04. The molecular formula is C14H16Cl2N4S2. The molecule has 0 unspecified atom stereocenters. The van der Waals surface area contributed by atoms with Gasteiger partial charge in [-0.05, 0) is 37.3 Å². The van der Waals surface area contributed by atoms with Crippen molar-refractivity contribution in [1.82, 2.24) is 15.3 Å². The first-order valence-corrected chi connectivity index (χ1v) is 8.94. The van der Waals surface area contributed by atoms with E-state index < -0.39 is 0 Å². The van der Waals surface area contributed by atoms with Crippen molar-refractivity contribution >= 4 is 58.0 Å². The van der Waals surface area contributed by atoms with E-state index in [1.807, 2.05) is 6.92 Å². The van der Waals surface area contributed by atoms with Crippen molar-refractivity contribution in [1.29, 1.82) is 0 Å². The van der Waals surface area contributed by atoms with Crippen LogP contribution in [0.25, 0.3) is 0 Å². The van der Waals surface area contributed by atoms with Crippen molar-refractivity contribution in [3.05, 3.63) is 46.0 Å². The van der Waals surface area contributed by atoms with Gasteiger partial charge in [0.1, 0.15) is 0 Å². The van der Waals surface area contributed by atoms with Gasteiger partial charge in [-0.1, -0.05) is 23.2 Å². The Kier molecular flexibility index (Phi) is 6.82. The molecule has 4 nitrogen and oxygen atoms in total. The van der Waals surface area contributed by atoms with Crippen molar-refractivity contribution in [3.63, 3.8) is 0 Å². The Labute approximate surface area is 149 Å². The third-order valence-corrected chi connectivity index (χ3v) is 4.65. The molecule has 0 atom stereocenters. The lowest BCUT2D eigenvalue weighted by atomic mass is 10.3. The Morgan fingerprint density at radius 1 is 1.41 bits per heavy atom. The molecule has 0 saturated heterocycles. The molecule has 1 aromatic carbocycles. The number of aryl methyl sites for hydroxylation is 1. The number of nitrogens with one attached hydrogen (secondary N) is 3. The van der Waals surface area contributed by atoms with E-state index in [4.69, 9.17) is 35.4 Å². The van der Waals surface area contributed by atoms with E-state index in [1.54, 1.807) is 36.3 Å². The zero-order valence-corrected chi connectivity index (χ0v) is 15.1. The summed E-state index contributed by atoms with van der Waals surface area (Å²) in [6, 6.07) is 5.24. The molecule has 1 heterocycles. The molecule has 0 bridgehead atoms. The maximum Gasteiger partial charge on any atom is 0.170 e. The molecule has 22 heavy (non-hydrogen) atoms. The lowest BCUT2D eigenvalue weighted by Crippen LogP contribution is -2.30. The van der Waals surface area contributed by atoms with E-state index in [1.165, 1.54) is 0 Å². The summed E-state index contributed by atoms with van der Waals surface area (Å²) in [4.78, 5) is 7.33. The molecule has 0 fully saturated rings. The van der Waals surface area contributed by atoms with E-state index in [0.29, 0.717) is 15.2 Å². The summed E-state index contributed by atoms with van der Waals surface area (Å²) in [5.41, 5.74) is 2.96. The zero-order chi connectivity index (χ0) is 15.9. The minimum Gasteiger partial charge on any atom is -0.362 e. The number of anilines is 1. The van der Waals surface area contributed by atoms with Gasteiger partial charge in [0.25, 0.3) is 0 Å². The lowest BCUT2D eigenvalue weighted by Gasteiger charge is -2.11. The molecule has 0 radical (unpaired) electrons. The number of thiocarbonyl (C=S) groups is 1. The average molecular weight is 375 g/mol. The fourth-order valence-electron chi connectivity index (χ4n) is 1.70. The van der Waals surface area contributed by atoms with E-state index in [2.05, 4.69) is 20.6 Å². The summed E-state index contributed by atoms with van der Waals surface area (Å²) in [7, 11) is 0. The maximum atomic E-state index is 6.08. The van der Waals surface area contributed by atoms with Crippen LogP contribution in [0.2, 0.25) is 10.0 Å². The van der Waals surface area contributed by atoms with Gasteiger partial charge in [-0.25, -0.2) is 4.98 Å². The second kappa shape index (κ2) is 8.62. The molecule has 8 heteroatoms. The minimum atomic E-state index is 0.542. The van der Waals surface area contributed by atoms with Gasteiger partial charge < -0.3 is 15.6 Å². The number of hydrogen-bond donors (Lipinski definition) is 3. The van der Waals surface area contributed by atoms with Crippen LogP contribution in [0.1, 0.15) is 11.4 Å². The Morgan fingerprint density at radius 3 is 2.91 bits per heavy atom. The van der Waals surface area contributed by atoms with Gasteiger partial charge in [-0.2, -0.15) is 11.8 Å². The predicted octanol–water partition coefficient (Wildman–Crippen LogP) is 4.24. The van der Waals surface area contributed by atoms with E-state index in [0.717, 1.165) is 35.1 Å². The topological polar surface area (TPSA) is 52.7 Å². The molecule has 118 valence electrons. The summed E-state index contributed by atoms with van der Waals surface area (Å²) in [5.74, 6) is 1.82. The third kappa shape index (κ3) is 5.35. The number of aromatic nitrogens is 2. The predicted molar refractivity (Wildman–Crippen MR) is 100 cm³/mol. The highest BCUT2D eigenvalue weighted by Crippen LogP contribution is 2.25. The van der Waals surface area contributed by atoms with Crippen molar-refractivity contribution in [2.45, 2.75) is 12.7 Å². The number of imidazole rings is 1. The standard InChI is InChI=1S/C14H16Cl2N4S2/c1-9-13(19-8-18-9)7-22-5-4-17-14(21)20-12-3-2-10(15)6-11(12)16/h2-3,6,8H,4-5,7H2,1H3,(H,18,19)(H2,17,20,21). The molecule has 0 aliphatic carbocycles. The number of nitrogens with zero attached hydrogens (tertiary/aromatic N) is 1. The van der Waals surface area contributed by atoms with E-state index in [9.17, 15) is 0 Å². The largest absolute Gasteiger partial charge is 0.362 e. The Bertz CT molecular complexity index is 646. The monoisotopic (exact) mass is 374 g/mol. The van der Waals surface area contributed by atoms with Crippen molar-refractivity contribution < 1.29 is 0 Å². The SMILES string of the molecule is Cc1[nH]cnc1CSCCNC(=S)Nc1ccc(Cl)cc1Cl. The number of benzene rings is 1. The Morgan fingerprint density at radius 2 is 2.23 bits per heavy atom. The molecule has 0 amide bonds. The van der Waals surface area contributed by atoms with Crippen LogP contribution in [0, 0.1) is 6.92 Å². The average Bonchev–Trinajstić information content (AvgIpc) is 2.87. The second-order valence-electron chi connectivity index (χ2n) is 4.53. The normalized spacial score (nSPS) is 10.5. The number of aromatic amines is 1. The quantitative estimate of drug-likeness (QED) is 0.521. The molecular weight excluding hydrogens is 359 g/mol. The first-order chi connectivity index (χ1) is 10.6. The summed E-state index contributed by atoms with van der Waals surface area (Å²) in [6.07, 6.45) is 1.72. The van der Waals surface area contributed by atoms with Crippen LogP contribution in [0.4, 0.5) is 5.69 Å². The number of rotatable bonds is 6. The first-order valence-electron chi connectivity index (χ1n) is 6.63. The van der Waals surface area contributed by atoms with Gasteiger partial charge in [0, 0.05) is 28.8 Å². The van der Waals surface area contributed by atoms with Crippen LogP contribution >= 0.6 is 47.2 Å². The highest BCUT2D eigenvalue weighted by molar-refractivity contribution is 7.98. The van der Waals surface area contributed by atoms with Crippen molar-refractivity contribution in [3.8, 4) is 0 Å². The molecule has 2 rings (SSSR count). The summed E-state index contributed by atoms with van der Waals surface area (Å²) in [5, 5.41) is 7.88. The second-order valence-corrected chi connectivity index (χ2v) is 6.89. The lowest BCUT2D eigenvalue weighted by molar-refractivity contribution is 0.989. The van der Waals surface area contributed by atoms with Crippen LogP contribution in [-0.4, -0.2) is 27.4 Å². The molecule has 1 aromatic heterocycles. The summed E-state index contributed by atoms with van der Waals surface area (Å²) in [6.45, 7) is 2.79. The molecule has 2 aromatic rings. The number of halogens is 2. The van der Waals surface area contributed by atoms with Gasteiger partial charge in [-0.15, -0.1) is 0 Å². The molecule has 0 saturated carbocycles. The Hall–Kier alpha value is -0.950. The van der Waals surface area contributed by atoms with Crippen molar-refractivity contribution in [2.24, 2.45) is 0 Å². The Balaban J connectivity index is 1.66. The first kappa shape index (κ1) is 17.4. The molecule has 0 aliphatic heterocycles. The third-order valence-electron chi connectivity index (χ3n) is 2.88. The summed E-state index contributed by atoms with van der Waals surface area (Å²) < 4.78 is 0. The number of thioether (sulfide) groups is 1. The van der Waals surface area contributed by atoms with Crippen LogP contribution in [-0.2, 0) is 5.75 Å². The maximum absolute atomic E-state index is 6.08. The van der Waals surface area contributed by atoms with Crippen LogP contribution in [0.15, 0.2) is 24.5 Å². The molecule has 3 N–H and O–H groups in total. The molecule has 0 spiro atoms. The fourth-order valence-corrected chi connectivity index (χ4v) is 3.24. The van der Waals surface area contributed by atoms with Gasteiger partial charge in [0.05, 0.1) is 22.7 Å². The van der Waals surface area contributed by atoms with Crippen LogP contribution in [0.3, 0.4) is 0 Å². The van der Waals surface area contributed by atoms with Gasteiger partial charge in [-0.3, -0.25) is 0 Å². The van der Waals surface area contributed by atoms with E-state index in [-0.39, 0.29) is 0 Å². The fraction of sp³-hybridized carbons (Fsp3) is 0.286. The number of H-pyrrole nitrogens is 1. The smallest absolute Gasteiger partial charge is 0.170 e. The van der Waals surface area contributed by atoms with Crippen molar-refractivity contribution in [2.75, 3.05) is 17.6 Å². The number of hydrogen-bond acceptors (Lipinski definition) is 3. The highest BCUT2D eigenvalue weighted by atomic mass is 35.5. The van der Waals surface area contributed by atoms with Gasteiger partial charge in [0.15, 0.2) is 5.11 Å². The minimum absolute atomic E-state index is 0.542. The van der Waals surface area contributed by atoms with Gasteiger partial charge in [0.2, 0.25) is 0 Å².